The molecule has 6 atom stereocenters. The molecule has 0 aromatic carbocycles. The number of nitrogens with zero attached hydrogens (tertiary/aromatic N) is 3. The van der Waals surface area contributed by atoms with Gasteiger partial charge >= 0.3 is 0 Å². The minimum absolute atomic E-state index is 0.00981. The first-order valence-corrected chi connectivity index (χ1v) is 13.3. The zero-order valence-electron chi connectivity index (χ0n) is 18.4. The molecule has 5 fully saturated rings. The van der Waals surface area contributed by atoms with Gasteiger partial charge in [0.2, 0.25) is 10.0 Å². The maximum atomic E-state index is 13.2. The number of nitrogens with one attached hydrogen (secondary N) is 4. The Morgan fingerprint density at radius 2 is 1.77 bits per heavy atom. The van der Waals surface area contributed by atoms with Crippen LogP contribution in [0, 0.1) is 17.8 Å². The summed E-state index contributed by atoms with van der Waals surface area (Å²) >= 11 is 0. The van der Waals surface area contributed by atoms with Crippen LogP contribution in [-0.2, 0) is 10.0 Å². The summed E-state index contributed by atoms with van der Waals surface area (Å²) in [5.74, 6) is 2.09. The van der Waals surface area contributed by atoms with Crippen LogP contribution in [0.2, 0.25) is 0 Å². The van der Waals surface area contributed by atoms with E-state index in [1.54, 1.807) is 0 Å². The van der Waals surface area contributed by atoms with Crippen molar-refractivity contribution in [2.75, 3.05) is 53.4 Å². The average Bonchev–Trinajstić information content (AvgIpc) is 3.34. The molecule has 9 nitrogen and oxygen atoms in total. The third-order valence-corrected chi connectivity index (χ3v) is 10.1. The van der Waals surface area contributed by atoms with Gasteiger partial charge in [0.1, 0.15) is 5.25 Å². The number of sulfonamides is 1. The van der Waals surface area contributed by atoms with E-state index in [2.05, 4.69) is 42.9 Å². The largest absolute Gasteiger partial charge is 0.306 e. The molecule has 10 heteroatoms. The van der Waals surface area contributed by atoms with Crippen molar-refractivity contribution in [2.45, 2.75) is 55.6 Å². The van der Waals surface area contributed by atoms with E-state index in [0.717, 1.165) is 44.2 Å². The number of likely N-dealkylation sites (tertiary alicyclic amines) is 1. The SMILES string of the molecule is CN1CC(C2CCNC(N3CC(S(=O)(=O)NC4CCCC5CNN(C)C54)CN3)C2)C1. The second-order valence-electron chi connectivity index (χ2n) is 10.3. The maximum absolute atomic E-state index is 13.2. The average molecular weight is 442 g/mol. The van der Waals surface area contributed by atoms with Crippen LogP contribution >= 0.6 is 0 Å². The topological polar surface area (TPSA) is 92.0 Å². The van der Waals surface area contributed by atoms with Crippen molar-refractivity contribution in [2.24, 2.45) is 17.8 Å². The van der Waals surface area contributed by atoms with Crippen LogP contribution in [0.1, 0.15) is 32.1 Å². The fourth-order valence-corrected chi connectivity index (χ4v) is 8.05. The van der Waals surface area contributed by atoms with Crippen molar-refractivity contribution in [1.29, 1.82) is 0 Å². The molecule has 0 spiro atoms. The Kier molecular flexibility index (Phi) is 6.13. The van der Waals surface area contributed by atoms with E-state index in [1.165, 1.54) is 25.9 Å². The summed E-state index contributed by atoms with van der Waals surface area (Å²) in [6.07, 6.45) is 5.79. The molecule has 30 heavy (non-hydrogen) atoms. The Morgan fingerprint density at radius 1 is 0.933 bits per heavy atom. The Labute approximate surface area is 181 Å². The lowest BCUT2D eigenvalue weighted by Gasteiger charge is -2.45. The summed E-state index contributed by atoms with van der Waals surface area (Å²) in [5, 5.41) is 7.50. The van der Waals surface area contributed by atoms with E-state index >= 15 is 0 Å². The van der Waals surface area contributed by atoms with Gasteiger partial charge in [-0.25, -0.2) is 23.2 Å². The molecule has 4 saturated heterocycles. The van der Waals surface area contributed by atoms with E-state index in [0.29, 0.717) is 19.0 Å². The van der Waals surface area contributed by atoms with Crippen LogP contribution in [0.3, 0.4) is 0 Å². The van der Waals surface area contributed by atoms with Gasteiger partial charge in [-0.2, -0.15) is 0 Å². The van der Waals surface area contributed by atoms with Crippen LogP contribution < -0.4 is 20.9 Å². The Hall–Kier alpha value is -0.330. The van der Waals surface area contributed by atoms with Crippen LogP contribution in [0.4, 0.5) is 0 Å². The second kappa shape index (κ2) is 8.55. The molecule has 5 aliphatic rings. The minimum Gasteiger partial charge on any atom is -0.306 e. The van der Waals surface area contributed by atoms with Gasteiger partial charge in [0.15, 0.2) is 0 Å². The lowest BCUT2D eigenvalue weighted by molar-refractivity contribution is 0.0245. The molecule has 0 amide bonds. The monoisotopic (exact) mass is 441 g/mol. The first kappa shape index (κ1) is 21.5. The molecule has 5 rings (SSSR count). The molecule has 172 valence electrons. The lowest BCUT2D eigenvalue weighted by Crippen LogP contribution is -2.57. The Bertz CT molecular complexity index is 714. The molecule has 1 aliphatic carbocycles. The highest BCUT2D eigenvalue weighted by Gasteiger charge is 2.45. The fraction of sp³-hybridized carbons (Fsp3) is 1.00. The van der Waals surface area contributed by atoms with Gasteiger partial charge in [0.05, 0.1) is 6.17 Å². The Morgan fingerprint density at radius 3 is 2.57 bits per heavy atom. The third-order valence-electron chi connectivity index (χ3n) is 8.27. The molecule has 4 aliphatic heterocycles. The smallest absolute Gasteiger partial charge is 0.217 e. The van der Waals surface area contributed by atoms with E-state index < -0.39 is 15.3 Å². The normalized spacial score (nSPS) is 42.3. The van der Waals surface area contributed by atoms with Gasteiger partial charge in [0.25, 0.3) is 0 Å². The predicted octanol–water partition coefficient (Wildman–Crippen LogP) is -1.03. The molecular weight excluding hydrogens is 402 g/mol. The molecule has 4 N–H and O–H groups in total. The summed E-state index contributed by atoms with van der Waals surface area (Å²) in [7, 11) is 0.864. The Balaban J connectivity index is 1.18. The summed E-state index contributed by atoms with van der Waals surface area (Å²) in [6, 6.07) is 0.274. The molecule has 0 bridgehead atoms. The second-order valence-corrected chi connectivity index (χ2v) is 12.3. The third kappa shape index (κ3) is 4.17. The van der Waals surface area contributed by atoms with Crippen molar-refractivity contribution in [3.63, 3.8) is 0 Å². The number of likely N-dealkylation sites (N-methyl/N-ethyl adjacent to an activating group) is 1. The van der Waals surface area contributed by atoms with Crippen LogP contribution in [-0.4, -0.2) is 100 Å². The van der Waals surface area contributed by atoms with Gasteiger partial charge in [-0.05, 0) is 57.0 Å². The number of hydrazine groups is 2. The molecule has 0 aromatic rings. The van der Waals surface area contributed by atoms with Gasteiger partial charge in [0, 0.05) is 51.9 Å². The van der Waals surface area contributed by atoms with Crippen LogP contribution in [0.5, 0.6) is 0 Å². The van der Waals surface area contributed by atoms with Crippen LogP contribution in [0.25, 0.3) is 0 Å². The molecule has 0 aromatic heterocycles. The highest BCUT2D eigenvalue weighted by Crippen LogP contribution is 2.33. The van der Waals surface area contributed by atoms with E-state index in [1.807, 2.05) is 7.05 Å². The zero-order valence-corrected chi connectivity index (χ0v) is 19.2. The van der Waals surface area contributed by atoms with Crippen molar-refractivity contribution >= 4 is 10.0 Å². The van der Waals surface area contributed by atoms with E-state index in [-0.39, 0.29) is 18.2 Å². The standard InChI is InChI=1S/C20H39N7O2S/c1-25-11-16(12-25)14-6-7-21-19(8-14)27-13-17(10-23-27)30(28,29)24-18-5-3-4-15-9-22-26(2)20(15)18/h14-24H,3-13H2,1-2H3. The van der Waals surface area contributed by atoms with E-state index in [9.17, 15) is 8.42 Å². The summed E-state index contributed by atoms with van der Waals surface area (Å²) in [6.45, 7) is 5.45. The first-order valence-electron chi connectivity index (χ1n) is 11.8. The number of piperidine rings is 1. The first-order chi connectivity index (χ1) is 14.4. The number of hydrogen-bond acceptors (Lipinski definition) is 8. The minimum atomic E-state index is -3.37. The number of fused-ring (bicyclic) bond motifs is 1. The van der Waals surface area contributed by atoms with Gasteiger partial charge in [-0.3, -0.25) is 10.9 Å². The summed E-state index contributed by atoms with van der Waals surface area (Å²) in [5.41, 5.74) is 6.79. The van der Waals surface area contributed by atoms with E-state index in [4.69, 9.17) is 0 Å². The lowest BCUT2D eigenvalue weighted by atomic mass is 9.79. The maximum Gasteiger partial charge on any atom is 0.217 e. The molecule has 6 unspecified atom stereocenters. The summed E-state index contributed by atoms with van der Waals surface area (Å²) in [4.78, 5) is 2.39. The van der Waals surface area contributed by atoms with Crippen molar-refractivity contribution in [3.8, 4) is 0 Å². The van der Waals surface area contributed by atoms with Crippen molar-refractivity contribution in [1.82, 2.24) is 35.8 Å². The number of hydrogen-bond donors (Lipinski definition) is 4. The highest BCUT2D eigenvalue weighted by molar-refractivity contribution is 7.90. The van der Waals surface area contributed by atoms with Gasteiger partial charge < -0.3 is 10.2 Å². The fourth-order valence-electron chi connectivity index (χ4n) is 6.53. The van der Waals surface area contributed by atoms with Crippen molar-refractivity contribution in [3.05, 3.63) is 0 Å². The van der Waals surface area contributed by atoms with Crippen molar-refractivity contribution < 1.29 is 8.42 Å². The highest BCUT2D eigenvalue weighted by atomic mass is 32.2. The van der Waals surface area contributed by atoms with Gasteiger partial charge in [-0.1, -0.05) is 6.42 Å². The molecule has 1 saturated carbocycles. The number of rotatable bonds is 5. The molecule has 0 radical (unpaired) electrons. The quantitative estimate of drug-likeness (QED) is 0.431. The zero-order chi connectivity index (χ0) is 20.9. The van der Waals surface area contributed by atoms with Gasteiger partial charge in [-0.15, -0.1) is 0 Å². The molecule has 4 heterocycles. The molecular formula is C20H39N7O2S. The summed E-state index contributed by atoms with van der Waals surface area (Å²) < 4.78 is 29.6. The van der Waals surface area contributed by atoms with Crippen LogP contribution in [0.15, 0.2) is 0 Å². The predicted molar refractivity (Wildman–Crippen MR) is 117 cm³/mol.